The lowest BCUT2D eigenvalue weighted by molar-refractivity contribution is -0.115. The number of imide groups is 1. The van der Waals surface area contributed by atoms with Crippen molar-refractivity contribution in [3.8, 4) is 5.75 Å². The van der Waals surface area contributed by atoms with E-state index in [-0.39, 0.29) is 11.1 Å². The monoisotopic (exact) mass is 389 g/mol. The molecule has 1 saturated heterocycles. The predicted octanol–water partition coefficient (Wildman–Crippen LogP) is 4.56. The molecule has 138 valence electrons. The van der Waals surface area contributed by atoms with E-state index < -0.39 is 0 Å². The van der Waals surface area contributed by atoms with Crippen molar-refractivity contribution in [3.63, 3.8) is 0 Å². The van der Waals surface area contributed by atoms with E-state index in [0.717, 1.165) is 45.7 Å². The summed E-state index contributed by atoms with van der Waals surface area (Å²) in [5.74, 6) is 0.384. The van der Waals surface area contributed by atoms with Gasteiger partial charge in [-0.2, -0.15) is 0 Å². The van der Waals surface area contributed by atoms with Crippen LogP contribution in [-0.4, -0.2) is 17.4 Å². The molecule has 1 aliphatic rings. The van der Waals surface area contributed by atoms with E-state index in [0.29, 0.717) is 17.1 Å². The maximum Gasteiger partial charge on any atom is 0.290 e. The van der Waals surface area contributed by atoms with Crippen LogP contribution in [0.25, 0.3) is 16.8 Å². The molecule has 1 N–H and O–H groups in total. The number of hydrogen-bond donors (Lipinski definition) is 1. The fourth-order valence-corrected chi connectivity index (χ4v) is 3.54. The van der Waals surface area contributed by atoms with Crippen molar-refractivity contribution in [2.24, 2.45) is 0 Å². The molecule has 3 aromatic rings. The Morgan fingerprint density at radius 1 is 0.893 bits per heavy atom. The Bertz CT molecular complexity index is 1120. The lowest BCUT2D eigenvalue weighted by Crippen LogP contribution is -2.17. The van der Waals surface area contributed by atoms with E-state index in [1.165, 1.54) is 0 Å². The summed E-state index contributed by atoms with van der Waals surface area (Å²) in [7, 11) is 0. The second-order valence-electron chi connectivity index (χ2n) is 6.27. The van der Waals surface area contributed by atoms with Gasteiger partial charge in [0.25, 0.3) is 11.1 Å². The van der Waals surface area contributed by atoms with Crippen LogP contribution in [0.1, 0.15) is 21.5 Å². The molecule has 3 aromatic carbocycles. The minimum absolute atomic E-state index is 0.348. The summed E-state index contributed by atoms with van der Waals surface area (Å²) in [5.41, 5.74) is 2.47. The van der Waals surface area contributed by atoms with Gasteiger partial charge in [-0.1, -0.05) is 42.5 Å². The summed E-state index contributed by atoms with van der Waals surface area (Å²) in [6.07, 6.45) is 2.52. The molecular formula is C22H15NO4S. The Balaban J connectivity index is 1.50. The van der Waals surface area contributed by atoms with E-state index in [1.807, 2.05) is 48.5 Å². The Hall–Kier alpha value is -3.38. The largest absolute Gasteiger partial charge is 0.489 e. The number of hydrogen-bond acceptors (Lipinski definition) is 5. The van der Waals surface area contributed by atoms with Crippen LogP contribution in [0.5, 0.6) is 5.75 Å². The third-order valence-electron chi connectivity index (χ3n) is 4.30. The Labute approximate surface area is 165 Å². The van der Waals surface area contributed by atoms with Crippen LogP contribution in [0, 0.1) is 0 Å². The minimum atomic E-state index is -0.361. The first-order valence-electron chi connectivity index (χ1n) is 8.56. The van der Waals surface area contributed by atoms with Crippen LogP contribution in [0.2, 0.25) is 0 Å². The molecule has 5 nitrogen and oxygen atoms in total. The van der Waals surface area contributed by atoms with Gasteiger partial charge in [0.2, 0.25) is 0 Å². The number of aldehydes is 1. The van der Waals surface area contributed by atoms with Crippen molar-refractivity contribution in [1.29, 1.82) is 0 Å². The molecule has 2 amide bonds. The van der Waals surface area contributed by atoms with E-state index in [2.05, 4.69) is 5.32 Å². The van der Waals surface area contributed by atoms with Crippen LogP contribution in [0.15, 0.2) is 65.6 Å². The van der Waals surface area contributed by atoms with Gasteiger partial charge < -0.3 is 4.74 Å². The molecular weight excluding hydrogens is 374 g/mol. The van der Waals surface area contributed by atoms with E-state index in [1.54, 1.807) is 18.2 Å². The van der Waals surface area contributed by atoms with Gasteiger partial charge in [0.05, 0.1) is 4.91 Å². The number of benzene rings is 3. The molecule has 0 bridgehead atoms. The van der Waals surface area contributed by atoms with Crippen LogP contribution in [-0.2, 0) is 11.4 Å². The first kappa shape index (κ1) is 18.0. The maximum absolute atomic E-state index is 11.7. The van der Waals surface area contributed by atoms with Gasteiger partial charge >= 0.3 is 0 Å². The fraction of sp³-hybridized carbons (Fsp3) is 0.0455. The molecule has 0 aromatic heterocycles. The highest BCUT2D eigenvalue weighted by Gasteiger charge is 2.24. The summed E-state index contributed by atoms with van der Waals surface area (Å²) < 4.78 is 5.84. The number of fused-ring (bicyclic) bond motifs is 1. The third kappa shape index (κ3) is 3.97. The number of amides is 2. The highest BCUT2D eigenvalue weighted by molar-refractivity contribution is 8.18. The summed E-state index contributed by atoms with van der Waals surface area (Å²) in [5, 5.41) is 3.92. The molecule has 28 heavy (non-hydrogen) atoms. The highest BCUT2D eigenvalue weighted by Crippen LogP contribution is 2.28. The van der Waals surface area contributed by atoms with E-state index in [4.69, 9.17) is 4.74 Å². The average molecular weight is 389 g/mol. The van der Waals surface area contributed by atoms with Crippen molar-refractivity contribution in [2.75, 3.05) is 0 Å². The van der Waals surface area contributed by atoms with Gasteiger partial charge in [-0.15, -0.1) is 0 Å². The lowest BCUT2D eigenvalue weighted by Gasteiger charge is -2.08. The van der Waals surface area contributed by atoms with Crippen molar-refractivity contribution < 1.29 is 19.1 Å². The standard InChI is InChI=1S/C22H15NO4S/c24-12-14-1-3-15(4-2-14)13-27-19-8-7-17-9-16(5-6-18(17)11-19)10-20-21(25)23-22(26)28-20/h1-12H,13H2,(H,23,25,26)/b20-10-. The van der Waals surface area contributed by atoms with Crippen molar-refractivity contribution >= 4 is 46.0 Å². The highest BCUT2D eigenvalue weighted by atomic mass is 32.2. The van der Waals surface area contributed by atoms with Crippen LogP contribution in [0.3, 0.4) is 0 Å². The summed E-state index contributed by atoms with van der Waals surface area (Å²) in [6.45, 7) is 0.412. The van der Waals surface area contributed by atoms with Crippen LogP contribution in [0.4, 0.5) is 4.79 Å². The van der Waals surface area contributed by atoms with Crippen molar-refractivity contribution in [2.45, 2.75) is 6.61 Å². The zero-order valence-electron chi connectivity index (χ0n) is 14.7. The molecule has 0 atom stereocenters. The quantitative estimate of drug-likeness (QED) is 0.512. The number of nitrogens with one attached hydrogen (secondary N) is 1. The van der Waals surface area contributed by atoms with Gasteiger partial charge in [0.15, 0.2) is 0 Å². The minimum Gasteiger partial charge on any atom is -0.489 e. The van der Waals surface area contributed by atoms with Crippen LogP contribution >= 0.6 is 11.8 Å². The summed E-state index contributed by atoms with van der Waals surface area (Å²) in [6, 6.07) is 18.9. The molecule has 0 aliphatic carbocycles. The Morgan fingerprint density at radius 2 is 1.61 bits per heavy atom. The number of thioether (sulfide) groups is 1. The average Bonchev–Trinajstić information content (AvgIpc) is 3.03. The smallest absolute Gasteiger partial charge is 0.290 e. The summed E-state index contributed by atoms with van der Waals surface area (Å²) >= 11 is 0.905. The lowest BCUT2D eigenvalue weighted by atomic mass is 10.1. The van der Waals surface area contributed by atoms with E-state index in [9.17, 15) is 14.4 Å². The van der Waals surface area contributed by atoms with Gasteiger partial charge in [-0.05, 0) is 57.9 Å². The van der Waals surface area contributed by atoms with Crippen molar-refractivity contribution in [1.82, 2.24) is 5.32 Å². The molecule has 1 aliphatic heterocycles. The Morgan fingerprint density at radius 3 is 2.32 bits per heavy atom. The first-order chi connectivity index (χ1) is 13.6. The number of carbonyl (C=O) groups is 3. The molecule has 0 radical (unpaired) electrons. The molecule has 4 rings (SSSR count). The third-order valence-corrected chi connectivity index (χ3v) is 5.11. The molecule has 0 saturated carbocycles. The topological polar surface area (TPSA) is 72.5 Å². The first-order valence-corrected chi connectivity index (χ1v) is 9.38. The molecule has 6 heteroatoms. The predicted molar refractivity (Wildman–Crippen MR) is 109 cm³/mol. The SMILES string of the molecule is O=Cc1ccc(COc2ccc3cc(/C=C4\SC(=O)NC4=O)ccc3c2)cc1. The van der Waals surface area contributed by atoms with Gasteiger partial charge in [-0.25, -0.2) is 0 Å². The van der Waals surface area contributed by atoms with Gasteiger partial charge in [-0.3, -0.25) is 19.7 Å². The zero-order valence-corrected chi connectivity index (χ0v) is 15.5. The van der Waals surface area contributed by atoms with Gasteiger partial charge in [0.1, 0.15) is 18.6 Å². The van der Waals surface area contributed by atoms with Crippen molar-refractivity contribution in [3.05, 3.63) is 82.3 Å². The second-order valence-corrected chi connectivity index (χ2v) is 7.28. The number of rotatable bonds is 5. The van der Waals surface area contributed by atoms with Gasteiger partial charge in [0, 0.05) is 5.56 Å². The zero-order chi connectivity index (χ0) is 19.5. The molecule has 0 unspecified atom stereocenters. The number of ether oxygens (including phenoxy) is 1. The molecule has 0 spiro atoms. The Kier molecular flexibility index (Phi) is 4.95. The van der Waals surface area contributed by atoms with E-state index >= 15 is 0 Å². The molecule has 1 fully saturated rings. The molecule has 1 heterocycles. The fourth-order valence-electron chi connectivity index (χ4n) is 2.85. The second kappa shape index (κ2) is 7.70. The number of carbonyl (C=O) groups excluding carboxylic acids is 3. The maximum atomic E-state index is 11.7. The summed E-state index contributed by atoms with van der Waals surface area (Å²) in [4.78, 5) is 34.0. The normalized spacial score (nSPS) is 15.1. The van der Waals surface area contributed by atoms with Crippen LogP contribution < -0.4 is 10.1 Å².